The minimum absolute atomic E-state index is 0. The van der Waals surface area contributed by atoms with Crippen molar-refractivity contribution in [2.24, 2.45) is 11.8 Å². The molecule has 0 radical (unpaired) electrons. The molecule has 0 atom stereocenters. The number of hydrogen-bond acceptors (Lipinski definition) is 4. The van der Waals surface area contributed by atoms with Crippen LogP contribution in [-0.4, -0.2) is 11.9 Å². The van der Waals surface area contributed by atoms with Gasteiger partial charge in [-0.05, 0) is 11.8 Å². The Kier molecular flexibility index (Phi) is 13.4. The van der Waals surface area contributed by atoms with E-state index in [2.05, 4.69) is 0 Å². The molecule has 0 rings (SSSR count). The molecule has 0 bridgehead atoms. The molecule has 5 heteroatoms. The van der Waals surface area contributed by atoms with E-state index in [1.54, 1.807) is 27.7 Å². The minimum Gasteiger partial charge on any atom is -0.550 e. The van der Waals surface area contributed by atoms with Crippen molar-refractivity contribution in [3.8, 4) is 0 Å². The molecule has 0 amide bonds. The average Bonchev–Trinajstić information content (AvgIpc) is 1.88. The summed E-state index contributed by atoms with van der Waals surface area (Å²) < 4.78 is 0. The second-order valence-electron chi connectivity index (χ2n) is 2.95. The van der Waals surface area contributed by atoms with E-state index in [0.29, 0.717) is 0 Å². The van der Waals surface area contributed by atoms with Gasteiger partial charge in [-0.15, -0.1) is 0 Å². The van der Waals surface area contributed by atoms with Crippen LogP contribution < -0.4 is 10.2 Å². The van der Waals surface area contributed by atoms with Crippen molar-refractivity contribution >= 4 is 11.9 Å². The Bertz CT molecular complexity index is 136. The molecule has 0 N–H and O–H groups in total. The van der Waals surface area contributed by atoms with Crippen LogP contribution in [0.25, 0.3) is 0 Å². The summed E-state index contributed by atoms with van der Waals surface area (Å²) in [5, 5.41) is 19.2. The van der Waals surface area contributed by atoms with Crippen molar-refractivity contribution in [1.82, 2.24) is 0 Å². The van der Waals surface area contributed by atoms with Crippen LogP contribution in [0.2, 0.25) is 0 Å². The largest absolute Gasteiger partial charge is 2.00 e. The number of carboxylic acids is 2. The number of rotatable bonds is 2. The first kappa shape index (κ1) is 18.3. The Morgan fingerprint density at radius 2 is 0.923 bits per heavy atom. The molecule has 0 unspecified atom stereocenters. The summed E-state index contributed by atoms with van der Waals surface area (Å²) >= 11 is 0. The molecule has 0 fully saturated rings. The Balaban J connectivity index is -0.000000143. The first-order valence-electron chi connectivity index (χ1n) is 3.70. The summed E-state index contributed by atoms with van der Waals surface area (Å²) in [4.78, 5) is 19.2. The van der Waals surface area contributed by atoms with Crippen LogP contribution in [0.4, 0.5) is 0 Å². The van der Waals surface area contributed by atoms with Gasteiger partial charge in [0, 0.05) is 11.9 Å². The van der Waals surface area contributed by atoms with E-state index in [9.17, 15) is 19.8 Å². The predicted molar refractivity (Wildman–Crippen MR) is 39.7 cm³/mol. The Hall–Kier alpha value is -0.541. The van der Waals surface area contributed by atoms with Crippen LogP contribution >= 0.6 is 0 Å². The van der Waals surface area contributed by atoms with Crippen molar-refractivity contribution in [3.05, 3.63) is 0 Å². The van der Waals surface area contributed by atoms with Crippen molar-refractivity contribution in [3.63, 3.8) is 0 Å². The molecule has 0 saturated carbocycles. The molecule has 78 valence electrons. The molecule has 13 heavy (non-hydrogen) atoms. The van der Waals surface area contributed by atoms with E-state index >= 15 is 0 Å². The van der Waals surface area contributed by atoms with Crippen LogP contribution in [0.15, 0.2) is 0 Å². The van der Waals surface area contributed by atoms with Gasteiger partial charge in [0.25, 0.3) is 0 Å². The number of hydrogen-bond donors (Lipinski definition) is 0. The molecular formula is C8H14FeO4. The summed E-state index contributed by atoms with van der Waals surface area (Å²) in [5.41, 5.74) is 0. The van der Waals surface area contributed by atoms with Crippen molar-refractivity contribution in [1.29, 1.82) is 0 Å². The summed E-state index contributed by atoms with van der Waals surface area (Å²) in [5.74, 6) is -2.67. The SMILES string of the molecule is CC(C)C(=O)[O-].CC(C)C(=O)[O-].[Fe+2]. The van der Waals surface area contributed by atoms with Gasteiger partial charge in [0.1, 0.15) is 0 Å². The molecule has 0 aliphatic heterocycles. The van der Waals surface area contributed by atoms with Gasteiger partial charge in [0.2, 0.25) is 0 Å². The van der Waals surface area contributed by atoms with Crippen LogP contribution in [0.3, 0.4) is 0 Å². The van der Waals surface area contributed by atoms with Crippen LogP contribution in [-0.2, 0) is 26.7 Å². The van der Waals surface area contributed by atoms with Gasteiger partial charge < -0.3 is 19.8 Å². The zero-order chi connectivity index (χ0) is 10.3. The van der Waals surface area contributed by atoms with Crippen LogP contribution in [0.5, 0.6) is 0 Å². The van der Waals surface area contributed by atoms with Gasteiger partial charge in [-0.25, -0.2) is 0 Å². The molecule has 0 aromatic rings. The van der Waals surface area contributed by atoms with E-state index in [1.807, 2.05) is 0 Å². The van der Waals surface area contributed by atoms with E-state index in [-0.39, 0.29) is 28.9 Å². The number of carbonyl (C=O) groups excluding carboxylic acids is 2. The van der Waals surface area contributed by atoms with Gasteiger partial charge >= 0.3 is 17.1 Å². The molecule has 0 aliphatic carbocycles. The van der Waals surface area contributed by atoms with E-state index in [4.69, 9.17) is 0 Å². The maximum atomic E-state index is 9.59. The summed E-state index contributed by atoms with van der Waals surface area (Å²) in [6.45, 7) is 6.31. The molecule has 0 aromatic carbocycles. The minimum atomic E-state index is -0.991. The topological polar surface area (TPSA) is 80.3 Å². The molecule has 4 nitrogen and oxygen atoms in total. The molecule has 0 spiro atoms. The van der Waals surface area contributed by atoms with Gasteiger partial charge in [0.05, 0.1) is 0 Å². The molecule has 0 aromatic heterocycles. The smallest absolute Gasteiger partial charge is 0.550 e. The van der Waals surface area contributed by atoms with Crippen molar-refractivity contribution in [2.75, 3.05) is 0 Å². The van der Waals surface area contributed by atoms with Gasteiger partial charge in [-0.1, -0.05) is 27.7 Å². The fraction of sp³-hybridized carbons (Fsp3) is 0.750. The second-order valence-corrected chi connectivity index (χ2v) is 2.95. The maximum absolute atomic E-state index is 9.59. The van der Waals surface area contributed by atoms with Crippen LogP contribution in [0.1, 0.15) is 27.7 Å². The molecule has 0 saturated heterocycles. The Morgan fingerprint density at radius 3 is 0.923 bits per heavy atom. The first-order valence-corrected chi connectivity index (χ1v) is 3.70. The maximum Gasteiger partial charge on any atom is 2.00 e. The fourth-order valence-electron chi connectivity index (χ4n) is 0. The standard InChI is InChI=1S/2C4H8O2.Fe/c2*1-3(2)4(5)6;/h2*3H,1-2H3,(H,5,6);/q;;+2/p-2. The van der Waals surface area contributed by atoms with Gasteiger partial charge in [-0.2, -0.15) is 0 Å². The molecule has 0 heterocycles. The second kappa shape index (κ2) is 9.55. The first-order chi connectivity index (χ1) is 5.29. The number of carbonyl (C=O) groups is 2. The van der Waals surface area contributed by atoms with E-state index in [0.717, 1.165) is 0 Å². The van der Waals surface area contributed by atoms with E-state index in [1.165, 1.54) is 0 Å². The normalized spacial score (nSPS) is 8.46. The van der Waals surface area contributed by atoms with Crippen molar-refractivity contribution in [2.45, 2.75) is 27.7 Å². The third kappa shape index (κ3) is 18.4. The summed E-state index contributed by atoms with van der Waals surface area (Å²) in [6.07, 6.45) is 0. The zero-order valence-electron chi connectivity index (χ0n) is 8.14. The molecular weight excluding hydrogens is 216 g/mol. The Morgan fingerprint density at radius 1 is 0.846 bits per heavy atom. The van der Waals surface area contributed by atoms with Crippen molar-refractivity contribution < 1.29 is 36.9 Å². The number of aliphatic carboxylic acids is 2. The third-order valence-corrected chi connectivity index (χ3v) is 0.943. The summed E-state index contributed by atoms with van der Waals surface area (Å²) in [6, 6.07) is 0. The summed E-state index contributed by atoms with van der Waals surface area (Å²) in [7, 11) is 0. The Labute approximate surface area is 88.8 Å². The quantitative estimate of drug-likeness (QED) is 0.557. The predicted octanol–water partition coefficient (Wildman–Crippen LogP) is -1.22. The van der Waals surface area contributed by atoms with E-state index < -0.39 is 11.9 Å². The van der Waals surface area contributed by atoms with Gasteiger partial charge in [-0.3, -0.25) is 0 Å². The fourth-order valence-corrected chi connectivity index (χ4v) is 0. The van der Waals surface area contributed by atoms with Crippen LogP contribution in [0, 0.1) is 11.8 Å². The molecule has 0 aliphatic rings. The number of carboxylic acid groups (broad SMARTS) is 2. The average molecular weight is 230 g/mol. The third-order valence-electron chi connectivity index (χ3n) is 0.943. The van der Waals surface area contributed by atoms with Gasteiger partial charge in [0.15, 0.2) is 0 Å². The zero-order valence-corrected chi connectivity index (χ0v) is 9.25. The monoisotopic (exact) mass is 230 g/mol.